The number of hydrogen-bond acceptors (Lipinski definition) is 3. The number of benzene rings is 3. The Kier molecular flexibility index (Phi) is 5.45. The van der Waals surface area contributed by atoms with E-state index in [-0.39, 0.29) is 16.8 Å². The molecule has 1 amide bonds. The van der Waals surface area contributed by atoms with Crippen LogP contribution in [-0.4, -0.2) is 15.7 Å². The van der Waals surface area contributed by atoms with Crippen molar-refractivity contribution in [3.05, 3.63) is 112 Å². The second-order valence-electron chi connectivity index (χ2n) is 7.21. The Morgan fingerprint density at radius 3 is 2.19 bits per heavy atom. The van der Waals surface area contributed by atoms with Crippen molar-refractivity contribution < 1.29 is 9.18 Å². The quantitative estimate of drug-likeness (QED) is 0.517. The zero-order valence-corrected chi connectivity index (χ0v) is 17.1. The molecule has 0 aliphatic rings. The van der Waals surface area contributed by atoms with Gasteiger partial charge in [-0.05, 0) is 55.8 Å². The maximum absolute atomic E-state index is 13.3. The molecule has 3 aromatic carbocycles. The Morgan fingerprint density at radius 2 is 1.55 bits per heavy atom. The van der Waals surface area contributed by atoms with Crippen LogP contribution in [0.25, 0.3) is 16.8 Å². The zero-order chi connectivity index (χ0) is 22.0. The van der Waals surface area contributed by atoms with Crippen molar-refractivity contribution in [1.29, 1.82) is 0 Å². The van der Waals surface area contributed by atoms with Crippen LogP contribution in [-0.2, 0) is 0 Å². The molecular formula is C25H20FN3O2. The Labute approximate surface area is 178 Å². The van der Waals surface area contributed by atoms with Crippen LogP contribution in [0.1, 0.15) is 21.6 Å². The average molecular weight is 413 g/mol. The van der Waals surface area contributed by atoms with E-state index in [2.05, 4.69) is 10.4 Å². The highest BCUT2D eigenvalue weighted by Gasteiger charge is 2.20. The van der Waals surface area contributed by atoms with Gasteiger partial charge < -0.3 is 5.32 Å². The Morgan fingerprint density at radius 1 is 0.903 bits per heavy atom. The molecule has 0 fully saturated rings. The van der Waals surface area contributed by atoms with Gasteiger partial charge in [-0.25, -0.2) is 9.07 Å². The molecule has 0 unspecified atom stereocenters. The highest BCUT2D eigenvalue weighted by molar-refractivity contribution is 6.05. The molecule has 0 saturated carbocycles. The Balaban J connectivity index is 1.94. The lowest BCUT2D eigenvalue weighted by molar-refractivity contribution is 0.102. The first-order chi connectivity index (χ1) is 14.9. The predicted molar refractivity (Wildman–Crippen MR) is 119 cm³/mol. The van der Waals surface area contributed by atoms with Crippen LogP contribution in [0, 0.1) is 19.7 Å². The Bertz CT molecular complexity index is 1300. The summed E-state index contributed by atoms with van der Waals surface area (Å²) in [6.45, 7) is 3.62. The molecule has 0 spiro atoms. The Hall–Kier alpha value is -4.06. The first kappa shape index (κ1) is 20.2. The average Bonchev–Trinajstić information content (AvgIpc) is 2.78. The smallest absolute Gasteiger partial charge is 0.256 e. The summed E-state index contributed by atoms with van der Waals surface area (Å²) in [7, 11) is 0. The molecule has 6 heteroatoms. The summed E-state index contributed by atoms with van der Waals surface area (Å²) in [5, 5.41) is 7.28. The van der Waals surface area contributed by atoms with E-state index < -0.39 is 11.7 Å². The van der Waals surface area contributed by atoms with Crippen LogP contribution in [0.2, 0.25) is 0 Å². The summed E-state index contributed by atoms with van der Waals surface area (Å²) in [5.74, 6) is -0.654. The van der Waals surface area contributed by atoms with Crippen LogP contribution in [0.4, 0.5) is 10.2 Å². The van der Waals surface area contributed by atoms with Gasteiger partial charge in [0, 0.05) is 5.56 Å². The first-order valence-electron chi connectivity index (χ1n) is 9.77. The number of halogens is 1. The minimum atomic E-state index is -0.469. The van der Waals surface area contributed by atoms with Crippen molar-refractivity contribution >= 4 is 11.7 Å². The van der Waals surface area contributed by atoms with E-state index in [1.54, 1.807) is 11.6 Å². The summed E-state index contributed by atoms with van der Waals surface area (Å²) >= 11 is 0. The molecule has 0 radical (unpaired) electrons. The predicted octanol–water partition coefficient (Wildman–Crippen LogP) is 4.91. The van der Waals surface area contributed by atoms with Gasteiger partial charge in [0.05, 0.1) is 11.3 Å². The monoisotopic (exact) mass is 413 g/mol. The number of nitrogens with zero attached hydrogens (tertiary/aromatic N) is 2. The van der Waals surface area contributed by atoms with Crippen LogP contribution >= 0.6 is 0 Å². The van der Waals surface area contributed by atoms with Crippen LogP contribution < -0.4 is 10.7 Å². The number of aromatic nitrogens is 2. The van der Waals surface area contributed by atoms with Crippen molar-refractivity contribution in [1.82, 2.24) is 9.78 Å². The van der Waals surface area contributed by atoms with Crippen molar-refractivity contribution in [2.24, 2.45) is 0 Å². The third kappa shape index (κ3) is 4.14. The molecule has 4 aromatic rings. The summed E-state index contributed by atoms with van der Waals surface area (Å²) in [4.78, 5) is 26.1. The highest BCUT2D eigenvalue weighted by atomic mass is 19.1. The molecule has 154 valence electrons. The van der Waals surface area contributed by atoms with E-state index in [0.717, 1.165) is 5.56 Å². The molecule has 5 nitrogen and oxygen atoms in total. The second kappa shape index (κ2) is 8.36. The molecule has 0 aliphatic carbocycles. The van der Waals surface area contributed by atoms with Gasteiger partial charge in [-0.1, -0.05) is 48.0 Å². The molecule has 0 atom stereocenters. The normalized spacial score (nSPS) is 10.7. The number of rotatable bonds is 4. The fourth-order valence-corrected chi connectivity index (χ4v) is 3.28. The van der Waals surface area contributed by atoms with E-state index in [1.165, 1.54) is 24.3 Å². The first-order valence-corrected chi connectivity index (χ1v) is 9.77. The van der Waals surface area contributed by atoms with Gasteiger partial charge in [0.15, 0.2) is 0 Å². The molecule has 1 aromatic heterocycles. The molecule has 1 heterocycles. The van der Waals surface area contributed by atoms with E-state index in [9.17, 15) is 14.0 Å². The maximum atomic E-state index is 13.3. The van der Waals surface area contributed by atoms with Gasteiger partial charge in [0.25, 0.3) is 5.91 Å². The number of aryl methyl sites for hydroxylation is 2. The van der Waals surface area contributed by atoms with E-state index in [1.807, 2.05) is 61.5 Å². The summed E-state index contributed by atoms with van der Waals surface area (Å²) in [6.07, 6.45) is 0. The molecule has 4 rings (SSSR count). The topological polar surface area (TPSA) is 64.0 Å². The van der Waals surface area contributed by atoms with E-state index in [4.69, 9.17) is 0 Å². The van der Waals surface area contributed by atoms with Crippen LogP contribution in [0.5, 0.6) is 0 Å². The van der Waals surface area contributed by atoms with Gasteiger partial charge in [0.1, 0.15) is 17.3 Å². The number of carbonyl (C=O) groups is 1. The number of amides is 1. The molecule has 0 bridgehead atoms. The largest absolute Gasteiger partial charge is 0.306 e. The third-order valence-corrected chi connectivity index (χ3v) is 4.93. The molecule has 1 N–H and O–H groups in total. The second-order valence-corrected chi connectivity index (χ2v) is 7.21. The SMILES string of the molecule is Cc1ccc(-n2nc(C)c(=O)c(-c3ccccc3)c2NC(=O)c2ccc(F)cc2)cc1. The third-order valence-electron chi connectivity index (χ3n) is 4.93. The van der Waals surface area contributed by atoms with Gasteiger partial charge in [-0.3, -0.25) is 9.59 Å². The molecule has 31 heavy (non-hydrogen) atoms. The van der Waals surface area contributed by atoms with E-state index >= 15 is 0 Å². The van der Waals surface area contributed by atoms with Gasteiger partial charge in [-0.2, -0.15) is 5.10 Å². The highest BCUT2D eigenvalue weighted by Crippen LogP contribution is 2.27. The van der Waals surface area contributed by atoms with Crippen molar-refractivity contribution in [3.8, 4) is 16.8 Å². The standard InChI is InChI=1S/C25H20FN3O2/c1-16-8-14-21(15-9-16)29-24(27-25(31)19-10-12-20(26)13-11-19)22(23(30)17(2)28-29)18-6-4-3-5-7-18/h3-15H,1-2H3,(H,27,31). The zero-order valence-electron chi connectivity index (χ0n) is 17.1. The summed E-state index contributed by atoms with van der Waals surface area (Å²) < 4.78 is 14.8. The molecule has 0 saturated heterocycles. The number of nitrogens with one attached hydrogen (secondary N) is 1. The minimum Gasteiger partial charge on any atom is -0.306 e. The minimum absolute atomic E-state index is 0.250. The van der Waals surface area contributed by atoms with Crippen LogP contribution in [0.15, 0.2) is 83.7 Å². The number of anilines is 1. The fraction of sp³-hybridized carbons (Fsp3) is 0.0800. The lowest BCUT2D eigenvalue weighted by atomic mass is 10.0. The van der Waals surface area contributed by atoms with Crippen molar-refractivity contribution in [2.45, 2.75) is 13.8 Å². The summed E-state index contributed by atoms with van der Waals surface area (Å²) in [5.41, 5.74) is 3.06. The molecule has 0 aliphatic heterocycles. The van der Waals surface area contributed by atoms with Gasteiger partial charge in [0.2, 0.25) is 5.43 Å². The van der Waals surface area contributed by atoms with Gasteiger partial charge >= 0.3 is 0 Å². The maximum Gasteiger partial charge on any atom is 0.256 e. The lowest BCUT2D eigenvalue weighted by Crippen LogP contribution is -2.25. The van der Waals surface area contributed by atoms with Crippen molar-refractivity contribution in [2.75, 3.05) is 5.32 Å². The van der Waals surface area contributed by atoms with Crippen molar-refractivity contribution in [3.63, 3.8) is 0 Å². The van der Waals surface area contributed by atoms with Gasteiger partial charge in [-0.15, -0.1) is 0 Å². The number of carbonyl (C=O) groups excluding carboxylic acids is 1. The fourth-order valence-electron chi connectivity index (χ4n) is 3.28. The number of hydrogen-bond donors (Lipinski definition) is 1. The molecular weight excluding hydrogens is 393 g/mol. The van der Waals surface area contributed by atoms with Crippen LogP contribution in [0.3, 0.4) is 0 Å². The summed E-state index contributed by atoms with van der Waals surface area (Å²) in [6, 6.07) is 21.9. The lowest BCUT2D eigenvalue weighted by Gasteiger charge is -2.18. The van der Waals surface area contributed by atoms with E-state index in [0.29, 0.717) is 22.5 Å².